The Morgan fingerprint density at radius 1 is 1.48 bits per heavy atom. The van der Waals surface area contributed by atoms with Crippen LogP contribution in [0.1, 0.15) is 37.0 Å². The summed E-state index contributed by atoms with van der Waals surface area (Å²) in [6.45, 7) is 2.15. The number of ether oxygens (including phenoxy) is 1. The van der Waals surface area contributed by atoms with Gasteiger partial charge in [-0.05, 0) is 37.5 Å². The second-order valence-electron chi connectivity index (χ2n) is 5.13. The zero-order chi connectivity index (χ0) is 14.9. The number of carbonyl (C=O) groups is 1. The number of aromatic nitrogens is 2. The summed E-state index contributed by atoms with van der Waals surface area (Å²) in [6, 6.07) is 7.93. The Kier molecular flexibility index (Phi) is 3.80. The Bertz CT molecular complexity index is 664. The van der Waals surface area contributed by atoms with Gasteiger partial charge in [-0.25, -0.2) is 0 Å². The van der Waals surface area contributed by atoms with Gasteiger partial charge in [0.2, 0.25) is 5.89 Å². The van der Waals surface area contributed by atoms with Gasteiger partial charge in [-0.2, -0.15) is 4.98 Å². The zero-order valence-corrected chi connectivity index (χ0v) is 13.2. The molecule has 0 bridgehead atoms. The fraction of sp³-hybridized carbons (Fsp3) is 0.400. The summed E-state index contributed by atoms with van der Waals surface area (Å²) in [5.74, 6) is 0.701. The van der Waals surface area contributed by atoms with Crippen molar-refractivity contribution in [2.75, 3.05) is 6.61 Å². The van der Waals surface area contributed by atoms with Gasteiger partial charge in [0.1, 0.15) is 5.41 Å². The molecule has 1 aliphatic rings. The third-order valence-electron chi connectivity index (χ3n) is 3.54. The first-order valence-corrected chi connectivity index (χ1v) is 7.68. The van der Waals surface area contributed by atoms with Gasteiger partial charge in [0, 0.05) is 10.9 Å². The number of benzene rings is 1. The minimum absolute atomic E-state index is 0.261. The number of halogens is 1. The standard InChI is InChI=1S/C15H15BrN2O3/c1-2-20-14(19)15(6-7-15)13-17-12(18-21-13)9-10-4-3-5-11(16)8-10/h3-5,8H,2,6-7,9H2,1H3. The van der Waals surface area contributed by atoms with Crippen LogP contribution >= 0.6 is 15.9 Å². The van der Waals surface area contributed by atoms with E-state index < -0.39 is 5.41 Å². The fourth-order valence-corrected chi connectivity index (χ4v) is 2.70. The highest BCUT2D eigenvalue weighted by Crippen LogP contribution is 2.48. The Morgan fingerprint density at radius 2 is 2.29 bits per heavy atom. The van der Waals surface area contributed by atoms with Gasteiger partial charge in [-0.3, -0.25) is 4.79 Å². The van der Waals surface area contributed by atoms with Crippen LogP contribution in [0.3, 0.4) is 0 Å². The van der Waals surface area contributed by atoms with Gasteiger partial charge >= 0.3 is 5.97 Å². The molecule has 2 aromatic rings. The van der Waals surface area contributed by atoms with Crippen LogP contribution in [0.2, 0.25) is 0 Å². The lowest BCUT2D eigenvalue weighted by molar-refractivity contribution is -0.146. The van der Waals surface area contributed by atoms with Crippen LogP contribution in [0.25, 0.3) is 0 Å². The maximum absolute atomic E-state index is 12.0. The van der Waals surface area contributed by atoms with E-state index in [2.05, 4.69) is 26.1 Å². The van der Waals surface area contributed by atoms with Crippen molar-refractivity contribution in [1.29, 1.82) is 0 Å². The molecule has 0 amide bonds. The maximum atomic E-state index is 12.0. The summed E-state index contributed by atoms with van der Waals surface area (Å²) >= 11 is 3.43. The molecule has 1 heterocycles. The monoisotopic (exact) mass is 350 g/mol. The number of rotatable bonds is 5. The third-order valence-corrected chi connectivity index (χ3v) is 4.04. The summed E-state index contributed by atoms with van der Waals surface area (Å²) in [5.41, 5.74) is 0.385. The smallest absolute Gasteiger partial charge is 0.321 e. The second-order valence-corrected chi connectivity index (χ2v) is 6.04. The Morgan fingerprint density at radius 3 is 2.95 bits per heavy atom. The molecule has 1 saturated carbocycles. The molecule has 21 heavy (non-hydrogen) atoms. The Hall–Kier alpha value is -1.69. The molecule has 0 unspecified atom stereocenters. The van der Waals surface area contributed by atoms with Gasteiger partial charge in [0.15, 0.2) is 5.82 Å². The van der Waals surface area contributed by atoms with Crippen LogP contribution in [0.4, 0.5) is 0 Å². The molecular formula is C15H15BrN2O3. The normalized spacial score (nSPS) is 15.7. The van der Waals surface area contributed by atoms with E-state index in [1.807, 2.05) is 24.3 Å². The van der Waals surface area contributed by atoms with E-state index in [9.17, 15) is 4.79 Å². The van der Waals surface area contributed by atoms with Crippen molar-refractivity contribution in [3.63, 3.8) is 0 Å². The molecule has 3 rings (SSSR count). The highest BCUT2D eigenvalue weighted by Gasteiger charge is 2.57. The van der Waals surface area contributed by atoms with Crippen molar-refractivity contribution in [3.05, 3.63) is 46.0 Å². The molecule has 0 saturated heterocycles. The van der Waals surface area contributed by atoms with Crippen LogP contribution in [-0.4, -0.2) is 22.7 Å². The van der Waals surface area contributed by atoms with Crippen molar-refractivity contribution in [1.82, 2.24) is 10.1 Å². The molecule has 1 fully saturated rings. The minimum atomic E-state index is -0.696. The first-order valence-electron chi connectivity index (χ1n) is 6.89. The van der Waals surface area contributed by atoms with Gasteiger partial charge < -0.3 is 9.26 Å². The van der Waals surface area contributed by atoms with Gasteiger partial charge in [-0.15, -0.1) is 0 Å². The topological polar surface area (TPSA) is 65.2 Å². The molecule has 0 aliphatic heterocycles. The lowest BCUT2D eigenvalue weighted by Gasteiger charge is -2.08. The Balaban J connectivity index is 1.76. The number of hydrogen-bond acceptors (Lipinski definition) is 5. The lowest BCUT2D eigenvalue weighted by Crippen LogP contribution is -2.23. The van der Waals surface area contributed by atoms with E-state index in [1.165, 1.54) is 0 Å². The minimum Gasteiger partial charge on any atom is -0.465 e. The van der Waals surface area contributed by atoms with Crippen LogP contribution in [0.15, 0.2) is 33.3 Å². The predicted molar refractivity (Wildman–Crippen MR) is 78.8 cm³/mol. The lowest BCUT2D eigenvalue weighted by atomic mass is 10.1. The van der Waals surface area contributed by atoms with Crippen molar-refractivity contribution in [2.45, 2.75) is 31.6 Å². The molecule has 1 aromatic heterocycles. The van der Waals surface area contributed by atoms with Crippen molar-refractivity contribution >= 4 is 21.9 Å². The van der Waals surface area contributed by atoms with E-state index in [1.54, 1.807) is 6.92 Å². The summed E-state index contributed by atoms with van der Waals surface area (Å²) < 4.78 is 11.4. The van der Waals surface area contributed by atoms with Crippen molar-refractivity contribution < 1.29 is 14.1 Å². The molecule has 0 radical (unpaired) electrons. The Labute approximate surface area is 130 Å². The number of hydrogen-bond donors (Lipinski definition) is 0. The van der Waals surface area contributed by atoms with Gasteiger partial charge in [-0.1, -0.05) is 33.2 Å². The van der Waals surface area contributed by atoms with Crippen LogP contribution in [-0.2, 0) is 21.4 Å². The highest BCUT2D eigenvalue weighted by atomic mass is 79.9. The van der Waals surface area contributed by atoms with Crippen LogP contribution < -0.4 is 0 Å². The van der Waals surface area contributed by atoms with Crippen molar-refractivity contribution in [2.24, 2.45) is 0 Å². The van der Waals surface area contributed by atoms with Gasteiger partial charge in [0.05, 0.1) is 6.61 Å². The summed E-state index contributed by atoms with van der Waals surface area (Å²) in [4.78, 5) is 16.4. The van der Waals surface area contributed by atoms with E-state index >= 15 is 0 Å². The SMILES string of the molecule is CCOC(=O)C1(c2nc(Cc3cccc(Br)c3)no2)CC1. The third kappa shape index (κ3) is 2.85. The zero-order valence-electron chi connectivity index (χ0n) is 11.6. The van der Waals surface area contributed by atoms with Crippen LogP contribution in [0.5, 0.6) is 0 Å². The largest absolute Gasteiger partial charge is 0.465 e. The average Bonchev–Trinajstić information content (AvgIpc) is 3.14. The molecule has 1 aromatic carbocycles. The number of carbonyl (C=O) groups excluding carboxylic acids is 1. The molecule has 6 heteroatoms. The summed E-state index contributed by atoms with van der Waals surface area (Å²) in [7, 11) is 0. The summed E-state index contributed by atoms with van der Waals surface area (Å²) in [5, 5.41) is 3.98. The molecule has 0 atom stereocenters. The predicted octanol–water partition coefficient (Wildman–Crippen LogP) is 3.02. The highest BCUT2D eigenvalue weighted by molar-refractivity contribution is 9.10. The van der Waals surface area contributed by atoms with Crippen LogP contribution in [0, 0.1) is 0 Å². The molecule has 0 N–H and O–H groups in total. The summed E-state index contributed by atoms with van der Waals surface area (Å²) in [6.07, 6.45) is 2.00. The quantitative estimate of drug-likeness (QED) is 0.775. The van der Waals surface area contributed by atoms with E-state index in [4.69, 9.17) is 9.26 Å². The molecule has 110 valence electrons. The van der Waals surface area contributed by atoms with E-state index in [0.717, 1.165) is 10.0 Å². The number of esters is 1. The van der Waals surface area contributed by atoms with E-state index in [0.29, 0.717) is 37.6 Å². The maximum Gasteiger partial charge on any atom is 0.321 e. The van der Waals surface area contributed by atoms with Crippen molar-refractivity contribution in [3.8, 4) is 0 Å². The second kappa shape index (κ2) is 5.60. The van der Waals surface area contributed by atoms with Gasteiger partial charge in [0.25, 0.3) is 0 Å². The number of nitrogens with zero attached hydrogens (tertiary/aromatic N) is 2. The first-order chi connectivity index (χ1) is 10.1. The molecule has 0 spiro atoms. The average molecular weight is 351 g/mol. The molecule has 5 nitrogen and oxygen atoms in total. The van der Waals surface area contributed by atoms with E-state index in [-0.39, 0.29) is 5.97 Å². The molecule has 1 aliphatic carbocycles. The fourth-order valence-electron chi connectivity index (χ4n) is 2.25. The first kappa shape index (κ1) is 14.3. The molecular weight excluding hydrogens is 336 g/mol.